The van der Waals surface area contributed by atoms with Crippen LogP contribution in [0.25, 0.3) is 22.3 Å². The van der Waals surface area contributed by atoms with Crippen LogP contribution >= 0.6 is 0 Å². The number of aliphatic hydroxyl groups excluding tert-OH is 1. The molecule has 5 rings (SSSR count). The molecule has 1 fully saturated rings. The third-order valence-corrected chi connectivity index (χ3v) is 6.18. The second-order valence-electron chi connectivity index (χ2n) is 8.05. The van der Waals surface area contributed by atoms with Crippen LogP contribution in [-0.4, -0.2) is 41.7 Å². The van der Waals surface area contributed by atoms with Gasteiger partial charge in [0.05, 0.1) is 29.8 Å². The van der Waals surface area contributed by atoms with E-state index in [1.165, 1.54) is 12.2 Å². The zero-order chi connectivity index (χ0) is 22.2. The molecule has 32 heavy (non-hydrogen) atoms. The molecule has 0 saturated heterocycles. The number of carbonyl (C=O) groups excluding carboxylic acids is 2. The molecule has 0 spiro atoms. The Morgan fingerprint density at radius 2 is 1.97 bits per heavy atom. The molecule has 10 nitrogen and oxygen atoms in total. The maximum Gasteiger partial charge on any atom is 0.259 e. The van der Waals surface area contributed by atoms with E-state index >= 15 is 0 Å². The molecule has 1 unspecified atom stereocenters. The number of nitrogens with one attached hydrogen (secondary N) is 1. The first-order valence-electron chi connectivity index (χ1n) is 10.6. The van der Waals surface area contributed by atoms with Crippen molar-refractivity contribution in [2.75, 3.05) is 4.90 Å². The van der Waals surface area contributed by atoms with Crippen molar-refractivity contribution in [2.45, 2.75) is 44.8 Å². The molecule has 4 heterocycles. The Morgan fingerprint density at radius 3 is 2.66 bits per heavy atom. The lowest BCUT2D eigenvalue weighted by molar-refractivity contribution is -0.120. The lowest BCUT2D eigenvalue weighted by Crippen LogP contribution is -2.31. The second kappa shape index (κ2) is 8.01. The van der Waals surface area contributed by atoms with E-state index in [1.54, 1.807) is 23.1 Å². The van der Waals surface area contributed by atoms with Crippen LogP contribution in [0.5, 0.6) is 0 Å². The number of aromatic nitrogens is 5. The molecule has 3 aromatic rings. The molecule has 0 radical (unpaired) electrons. The number of fused-ring (bicyclic) bond motifs is 1. The number of imide groups is 1. The van der Waals surface area contributed by atoms with Crippen LogP contribution in [-0.2, 0) is 16.2 Å². The number of hydrogen-bond acceptors (Lipinski definition) is 7. The monoisotopic (exact) mass is 431 g/mol. The second-order valence-corrected chi connectivity index (χ2v) is 8.05. The molecular formula is C22H21N7O3. The zero-order valence-corrected chi connectivity index (χ0v) is 17.2. The molecule has 0 bridgehead atoms. The van der Waals surface area contributed by atoms with Gasteiger partial charge in [-0.05, 0) is 24.8 Å². The summed E-state index contributed by atoms with van der Waals surface area (Å²) in [7, 11) is 0. The number of carbonyl (C=O) groups is 2. The maximum atomic E-state index is 12.5. The fourth-order valence-corrected chi connectivity index (χ4v) is 4.67. The average Bonchev–Trinajstić information content (AvgIpc) is 3.58. The first-order chi connectivity index (χ1) is 15.6. The molecule has 1 atom stereocenters. The Kier molecular flexibility index (Phi) is 5.03. The van der Waals surface area contributed by atoms with Crippen LogP contribution in [0.4, 0.5) is 5.82 Å². The predicted octanol–water partition coefficient (Wildman–Crippen LogP) is 2.39. The SMILES string of the molecule is N#CCC(C1CCCC1)n1cc(-c2nc(CO)nc3[nH]ccc23)c(N2C(=O)C=CC2=O)n1. The average molecular weight is 431 g/mol. The Hall–Kier alpha value is -3.84. The first-order valence-corrected chi connectivity index (χ1v) is 10.6. The van der Waals surface area contributed by atoms with Gasteiger partial charge in [0.2, 0.25) is 0 Å². The van der Waals surface area contributed by atoms with E-state index in [2.05, 4.69) is 26.1 Å². The van der Waals surface area contributed by atoms with E-state index in [0.29, 0.717) is 28.2 Å². The molecule has 1 aliphatic carbocycles. The summed E-state index contributed by atoms with van der Waals surface area (Å²) < 4.78 is 1.71. The minimum absolute atomic E-state index is 0.163. The van der Waals surface area contributed by atoms with Crippen LogP contribution in [0.1, 0.15) is 44.0 Å². The number of hydrogen-bond donors (Lipinski definition) is 2. The van der Waals surface area contributed by atoms with Crippen LogP contribution in [0.15, 0.2) is 30.6 Å². The highest BCUT2D eigenvalue weighted by molar-refractivity contribution is 6.28. The minimum Gasteiger partial charge on any atom is -0.388 e. The predicted molar refractivity (Wildman–Crippen MR) is 114 cm³/mol. The number of H-pyrrole nitrogens is 1. The number of rotatable bonds is 6. The minimum atomic E-state index is -0.485. The summed E-state index contributed by atoms with van der Waals surface area (Å²) in [5.74, 6) is -0.308. The third kappa shape index (κ3) is 3.27. The van der Waals surface area contributed by atoms with Crippen molar-refractivity contribution in [3.63, 3.8) is 0 Å². The van der Waals surface area contributed by atoms with Crippen molar-refractivity contribution in [2.24, 2.45) is 5.92 Å². The fourth-order valence-electron chi connectivity index (χ4n) is 4.67. The number of aromatic amines is 1. The van der Waals surface area contributed by atoms with Crippen molar-refractivity contribution in [1.82, 2.24) is 24.7 Å². The van der Waals surface area contributed by atoms with Gasteiger partial charge in [0.25, 0.3) is 11.8 Å². The van der Waals surface area contributed by atoms with E-state index < -0.39 is 11.8 Å². The van der Waals surface area contributed by atoms with Crippen LogP contribution in [0.2, 0.25) is 0 Å². The van der Waals surface area contributed by atoms with Gasteiger partial charge < -0.3 is 10.1 Å². The maximum absolute atomic E-state index is 12.5. The summed E-state index contributed by atoms with van der Waals surface area (Å²) >= 11 is 0. The van der Waals surface area contributed by atoms with Gasteiger partial charge in [-0.15, -0.1) is 0 Å². The van der Waals surface area contributed by atoms with Gasteiger partial charge in [-0.3, -0.25) is 14.3 Å². The first kappa shape index (κ1) is 20.1. The quantitative estimate of drug-likeness (QED) is 0.571. The van der Waals surface area contributed by atoms with Gasteiger partial charge >= 0.3 is 0 Å². The largest absolute Gasteiger partial charge is 0.388 e. The summed E-state index contributed by atoms with van der Waals surface area (Å²) in [6.45, 7) is -0.367. The molecule has 1 aliphatic heterocycles. The highest BCUT2D eigenvalue weighted by Crippen LogP contribution is 2.40. The number of aliphatic hydroxyl groups is 1. The molecule has 3 aromatic heterocycles. The zero-order valence-electron chi connectivity index (χ0n) is 17.2. The Morgan fingerprint density at radius 1 is 1.22 bits per heavy atom. The summed E-state index contributed by atoms with van der Waals surface area (Å²) in [6.07, 6.45) is 10.4. The van der Waals surface area contributed by atoms with Crippen LogP contribution in [0.3, 0.4) is 0 Å². The van der Waals surface area contributed by atoms with Crippen LogP contribution < -0.4 is 4.90 Å². The van der Waals surface area contributed by atoms with Crippen molar-refractivity contribution in [1.29, 1.82) is 5.26 Å². The van der Waals surface area contributed by atoms with Gasteiger partial charge in [0, 0.05) is 29.9 Å². The summed E-state index contributed by atoms with van der Waals surface area (Å²) in [5, 5.41) is 24.4. The van der Waals surface area contributed by atoms with Gasteiger partial charge in [-0.2, -0.15) is 10.4 Å². The van der Waals surface area contributed by atoms with Crippen molar-refractivity contribution in [3.05, 3.63) is 36.4 Å². The van der Waals surface area contributed by atoms with Gasteiger partial charge in [-0.1, -0.05) is 12.8 Å². The lowest BCUT2D eigenvalue weighted by atomic mass is 9.96. The highest BCUT2D eigenvalue weighted by Gasteiger charge is 2.34. The smallest absolute Gasteiger partial charge is 0.259 e. The van der Waals surface area contributed by atoms with E-state index in [-0.39, 0.29) is 30.7 Å². The molecule has 2 N–H and O–H groups in total. The van der Waals surface area contributed by atoms with Gasteiger partial charge in [-0.25, -0.2) is 14.9 Å². The molecule has 1 saturated carbocycles. The molecule has 0 aromatic carbocycles. The Bertz CT molecular complexity index is 1260. The van der Waals surface area contributed by atoms with E-state index in [1.807, 2.05) is 0 Å². The third-order valence-electron chi connectivity index (χ3n) is 6.18. The van der Waals surface area contributed by atoms with Crippen molar-refractivity contribution >= 4 is 28.7 Å². The summed E-state index contributed by atoms with van der Waals surface area (Å²) in [4.78, 5) is 37.8. The van der Waals surface area contributed by atoms with Crippen LogP contribution in [0, 0.1) is 17.2 Å². The van der Waals surface area contributed by atoms with Crippen molar-refractivity contribution in [3.8, 4) is 17.3 Å². The Labute approximate surface area is 183 Å². The molecule has 2 amide bonds. The normalized spacial score (nSPS) is 17.6. The van der Waals surface area contributed by atoms with E-state index in [9.17, 15) is 20.0 Å². The summed E-state index contributed by atoms with van der Waals surface area (Å²) in [6, 6.07) is 3.88. The standard InChI is InChI=1S/C22H21N7O3/c23-9-7-16(13-3-1-2-4-13)28-11-15(22(27-28)29-18(31)5-6-19(29)32)20-14-8-10-24-21(14)26-17(12-30)25-20/h5-6,8,10-11,13,16,30H,1-4,7,12H2,(H,24,25,26). The number of nitriles is 1. The highest BCUT2D eigenvalue weighted by atomic mass is 16.3. The van der Waals surface area contributed by atoms with Crippen molar-refractivity contribution < 1.29 is 14.7 Å². The molecule has 10 heteroatoms. The fraction of sp³-hybridized carbons (Fsp3) is 0.364. The van der Waals surface area contributed by atoms with E-state index in [4.69, 9.17) is 0 Å². The van der Waals surface area contributed by atoms with Gasteiger partial charge in [0.15, 0.2) is 11.6 Å². The number of amides is 2. The summed E-state index contributed by atoms with van der Waals surface area (Å²) in [5.41, 5.74) is 1.45. The number of nitrogens with zero attached hydrogens (tertiary/aromatic N) is 6. The molecule has 2 aliphatic rings. The van der Waals surface area contributed by atoms with Gasteiger partial charge in [0.1, 0.15) is 12.3 Å². The molecular weight excluding hydrogens is 410 g/mol. The molecule has 162 valence electrons. The number of anilines is 1. The Balaban J connectivity index is 1.71. The van der Waals surface area contributed by atoms with E-state index in [0.717, 1.165) is 30.6 Å². The lowest BCUT2D eigenvalue weighted by Gasteiger charge is -2.21. The topological polar surface area (TPSA) is 141 Å².